The molecule has 2 amide bonds. The highest BCUT2D eigenvalue weighted by molar-refractivity contribution is 6.03. The fourth-order valence-electron chi connectivity index (χ4n) is 2.08. The van der Waals surface area contributed by atoms with Crippen LogP contribution in [-0.4, -0.2) is 23.8 Å². The number of carbonyl (C=O) groups excluding carboxylic acids is 2. The van der Waals surface area contributed by atoms with E-state index in [4.69, 9.17) is 4.42 Å². The second-order valence-electron chi connectivity index (χ2n) is 4.94. The Kier molecular flexibility index (Phi) is 4.60. The number of anilines is 1. The Labute approximate surface area is 128 Å². The average molecular weight is 301 g/mol. The van der Waals surface area contributed by atoms with Crippen LogP contribution in [0.25, 0.3) is 0 Å². The molecule has 1 aromatic heterocycles. The Morgan fingerprint density at radius 1 is 1.23 bits per heavy atom. The van der Waals surface area contributed by atoms with E-state index in [-0.39, 0.29) is 17.6 Å². The van der Waals surface area contributed by atoms with Crippen molar-refractivity contribution in [3.05, 3.63) is 46.7 Å². The summed E-state index contributed by atoms with van der Waals surface area (Å²) < 4.78 is 5.43. The van der Waals surface area contributed by atoms with Gasteiger partial charge in [-0.2, -0.15) is 0 Å². The monoisotopic (exact) mass is 301 g/mol. The number of nitrogens with one attached hydrogen (secondary N) is 2. The van der Waals surface area contributed by atoms with Gasteiger partial charge in [-0.15, -0.1) is 0 Å². The minimum atomic E-state index is -0.347. The first-order valence-corrected chi connectivity index (χ1v) is 7.06. The number of rotatable bonds is 4. The van der Waals surface area contributed by atoms with Crippen LogP contribution in [0.1, 0.15) is 45.0 Å². The van der Waals surface area contributed by atoms with Gasteiger partial charge in [0.1, 0.15) is 0 Å². The van der Waals surface area contributed by atoms with Crippen LogP contribution in [-0.2, 0) is 6.42 Å². The molecule has 0 saturated carbocycles. The summed E-state index contributed by atoms with van der Waals surface area (Å²) in [6, 6.07) is 5.08. The molecule has 0 radical (unpaired) electrons. The summed E-state index contributed by atoms with van der Waals surface area (Å²) >= 11 is 0. The van der Waals surface area contributed by atoms with Gasteiger partial charge < -0.3 is 15.1 Å². The molecule has 1 heterocycles. The Balaban J connectivity index is 2.21. The summed E-state index contributed by atoms with van der Waals surface area (Å²) in [5.41, 5.74) is 2.53. The van der Waals surface area contributed by atoms with Gasteiger partial charge in [0.05, 0.1) is 5.69 Å². The molecule has 0 spiro atoms. The summed E-state index contributed by atoms with van der Waals surface area (Å²) in [6.07, 6.45) is 0.633. The van der Waals surface area contributed by atoms with Crippen molar-refractivity contribution >= 4 is 17.5 Å². The highest BCUT2D eigenvalue weighted by Gasteiger charge is 2.17. The van der Waals surface area contributed by atoms with E-state index in [1.807, 2.05) is 13.8 Å². The third-order valence-corrected chi connectivity index (χ3v) is 3.31. The number of benzene rings is 1. The first kappa shape index (κ1) is 15.8. The molecule has 6 nitrogen and oxygen atoms in total. The van der Waals surface area contributed by atoms with Crippen LogP contribution in [0.3, 0.4) is 0 Å². The summed E-state index contributed by atoms with van der Waals surface area (Å²) in [5, 5.41) is 5.35. The third kappa shape index (κ3) is 3.16. The van der Waals surface area contributed by atoms with Crippen LogP contribution >= 0.6 is 0 Å². The van der Waals surface area contributed by atoms with Crippen molar-refractivity contribution in [2.75, 3.05) is 12.4 Å². The summed E-state index contributed by atoms with van der Waals surface area (Å²) in [7, 11) is 1.57. The van der Waals surface area contributed by atoms with E-state index >= 15 is 0 Å². The number of hydrogen-bond donors (Lipinski definition) is 2. The molecule has 2 N–H and O–H groups in total. The number of carbonyl (C=O) groups is 2. The second kappa shape index (κ2) is 6.43. The van der Waals surface area contributed by atoms with Crippen LogP contribution in [0.4, 0.5) is 5.69 Å². The van der Waals surface area contributed by atoms with Gasteiger partial charge in [0.2, 0.25) is 5.76 Å². The molecule has 6 heteroatoms. The van der Waals surface area contributed by atoms with Crippen LogP contribution in [0.15, 0.2) is 22.6 Å². The van der Waals surface area contributed by atoms with Gasteiger partial charge in [-0.05, 0) is 37.6 Å². The van der Waals surface area contributed by atoms with Gasteiger partial charge in [0.25, 0.3) is 11.8 Å². The molecule has 116 valence electrons. The van der Waals surface area contributed by atoms with Crippen molar-refractivity contribution in [1.29, 1.82) is 0 Å². The average Bonchev–Trinajstić information content (AvgIpc) is 2.89. The van der Waals surface area contributed by atoms with Gasteiger partial charge in [-0.1, -0.05) is 6.92 Å². The van der Waals surface area contributed by atoms with E-state index in [1.54, 1.807) is 32.2 Å². The fourth-order valence-corrected chi connectivity index (χ4v) is 2.08. The minimum absolute atomic E-state index is 0.167. The van der Waals surface area contributed by atoms with Crippen molar-refractivity contribution in [2.24, 2.45) is 0 Å². The molecule has 22 heavy (non-hydrogen) atoms. The van der Waals surface area contributed by atoms with Gasteiger partial charge >= 0.3 is 0 Å². The normalized spacial score (nSPS) is 10.4. The van der Waals surface area contributed by atoms with Gasteiger partial charge in [-0.25, -0.2) is 4.98 Å². The molecule has 0 bridgehead atoms. The molecule has 0 aliphatic rings. The Bertz CT molecular complexity index is 719. The van der Waals surface area contributed by atoms with E-state index in [2.05, 4.69) is 15.6 Å². The Morgan fingerprint density at radius 3 is 2.50 bits per heavy atom. The topological polar surface area (TPSA) is 84.2 Å². The predicted molar refractivity (Wildman–Crippen MR) is 83.1 cm³/mol. The standard InChI is InChI=1S/C16H19N3O3/c1-5-13-18-10(3)14(22-13)16(21)19-12-7-6-11(8-9(12)2)15(20)17-4/h6-8H,5H2,1-4H3,(H,17,20)(H,19,21). The van der Waals surface area contributed by atoms with Crippen molar-refractivity contribution < 1.29 is 14.0 Å². The van der Waals surface area contributed by atoms with Crippen LogP contribution in [0.5, 0.6) is 0 Å². The second-order valence-corrected chi connectivity index (χ2v) is 4.94. The molecule has 0 atom stereocenters. The summed E-state index contributed by atoms with van der Waals surface area (Å²) in [6.45, 7) is 5.47. The summed E-state index contributed by atoms with van der Waals surface area (Å²) in [4.78, 5) is 28.0. The van der Waals surface area contributed by atoms with Crippen molar-refractivity contribution in [3.63, 3.8) is 0 Å². The first-order valence-electron chi connectivity index (χ1n) is 7.06. The van der Waals surface area contributed by atoms with Gasteiger partial charge in [-0.3, -0.25) is 9.59 Å². The number of oxazole rings is 1. The first-order chi connectivity index (χ1) is 10.5. The van der Waals surface area contributed by atoms with E-state index in [0.717, 1.165) is 5.56 Å². The maximum absolute atomic E-state index is 12.3. The zero-order chi connectivity index (χ0) is 16.3. The highest BCUT2D eigenvalue weighted by Crippen LogP contribution is 2.19. The maximum Gasteiger partial charge on any atom is 0.293 e. The molecule has 0 aliphatic carbocycles. The van der Waals surface area contributed by atoms with E-state index in [0.29, 0.717) is 29.3 Å². The number of nitrogens with zero attached hydrogens (tertiary/aromatic N) is 1. The third-order valence-electron chi connectivity index (χ3n) is 3.31. The zero-order valence-electron chi connectivity index (χ0n) is 13.1. The zero-order valence-corrected chi connectivity index (χ0v) is 13.1. The van der Waals surface area contributed by atoms with Crippen molar-refractivity contribution in [3.8, 4) is 0 Å². The molecule has 2 aromatic rings. The molecule has 0 fully saturated rings. The lowest BCUT2D eigenvalue weighted by Crippen LogP contribution is -2.18. The Hall–Kier alpha value is -2.63. The molecule has 0 unspecified atom stereocenters. The molecule has 2 rings (SSSR count). The number of hydrogen-bond acceptors (Lipinski definition) is 4. The number of amides is 2. The predicted octanol–water partition coefficient (Wildman–Crippen LogP) is 2.47. The molecule has 0 saturated heterocycles. The van der Waals surface area contributed by atoms with Crippen LogP contribution < -0.4 is 10.6 Å². The largest absolute Gasteiger partial charge is 0.435 e. The van der Waals surface area contributed by atoms with Crippen molar-refractivity contribution in [1.82, 2.24) is 10.3 Å². The maximum atomic E-state index is 12.3. The fraction of sp³-hybridized carbons (Fsp3) is 0.312. The summed E-state index contributed by atoms with van der Waals surface area (Å²) in [5.74, 6) is 0.237. The SMILES string of the molecule is CCc1nc(C)c(C(=O)Nc2ccc(C(=O)NC)cc2C)o1. The van der Waals surface area contributed by atoms with E-state index in [9.17, 15) is 9.59 Å². The van der Waals surface area contributed by atoms with Crippen molar-refractivity contribution in [2.45, 2.75) is 27.2 Å². The van der Waals surface area contributed by atoms with Crippen LogP contribution in [0, 0.1) is 13.8 Å². The number of aromatic nitrogens is 1. The lowest BCUT2D eigenvalue weighted by atomic mass is 10.1. The van der Waals surface area contributed by atoms with Gasteiger partial charge in [0, 0.05) is 24.7 Å². The quantitative estimate of drug-likeness (QED) is 0.908. The minimum Gasteiger partial charge on any atom is -0.435 e. The molecule has 1 aromatic carbocycles. The lowest BCUT2D eigenvalue weighted by molar-refractivity contribution is 0.0961. The van der Waals surface area contributed by atoms with E-state index in [1.165, 1.54) is 0 Å². The highest BCUT2D eigenvalue weighted by atomic mass is 16.4. The number of aryl methyl sites for hydroxylation is 3. The smallest absolute Gasteiger partial charge is 0.293 e. The van der Waals surface area contributed by atoms with Crippen LogP contribution in [0.2, 0.25) is 0 Å². The molecular formula is C16H19N3O3. The van der Waals surface area contributed by atoms with E-state index < -0.39 is 0 Å². The van der Waals surface area contributed by atoms with Gasteiger partial charge in [0.15, 0.2) is 5.89 Å². The Morgan fingerprint density at radius 2 is 1.95 bits per heavy atom. The molecule has 0 aliphatic heterocycles. The molecular weight excluding hydrogens is 282 g/mol. The lowest BCUT2D eigenvalue weighted by Gasteiger charge is -2.09.